The highest BCUT2D eigenvalue weighted by atomic mass is 16.5. The van der Waals surface area contributed by atoms with E-state index in [1.54, 1.807) is 6.07 Å². The lowest BCUT2D eigenvalue weighted by Gasteiger charge is -2.23. The first-order chi connectivity index (χ1) is 11.0. The first-order valence-electron chi connectivity index (χ1n) is 8.54. The van der Waals surface area contributed by atoms with Gasteiger partial charge in [-0.3, -0.25) is 0 Å². The van der Waals surface area contributed by atoms with E-state index in [0.29, 0.717) is 24.3 Å². The minimum atomic E-state index is 0.337. The van der Waals surface area contributed by atoms with E-state index in [1.165, 1.54) is 11.1 Å². The molecule has 0 saturated carbocycles. The zero-order chi connectivity index (χ0) is 17.0. The summed E-state index contributed by atoms with van der Waals surface area (Å²) in [6, 6.07) is 6.11. The Balaban J connectivity index is 2.65. The van der Waals surface area contributed by atoms with Crippen molar-refractivity contribution in [2.24, 2.45) is 0 Å². The van der Waals surface area contributed by atoms with Crippen molar-refractivity contribution >= 4 is 5.88 Å². The highest BCUT2D eigenvalue weighted by Crippen LogP contribution is 2.40. The van der Waals surface area contributed by atoms with Gasteiger partial charge in [0.2, 0.25) is 5.88 Å². The molecule has 0 radical (unpaired) electrons. The monoisotopic (exact) mass is 316 g/mol. The molecule has 2 unspecified atom stereocenters. The Morgan fingerprint density at radius 1 is 1.04 bits per heavy atom. The molecule has 2 aromatic rings. The van der Waals surface area contributed by atoms with Crippen molar-refractivity contribution in [2.45, 2.75) is 59.3 Å². The molecule has 0 bridgehead atoms. The van der Waals surface area contributed by atoms with Gasteiger partial charge < -0.3 is 15.0 Å². The third-order valence-electron chi connectivity index (χ3n) is 4.55. The Bertz CT molecular complexity index is 618. The molecule has 0 aliphatic carbocycles. The summed E-state index contributed by atoms with van der Waals surface area (Å²) in [5, 5.41) is 4.07. The van der Waals surface area contributed by atoms with Crippen molar-refractivity contribution < 1.29 is 9.26 Å². The predicted molar refractivity (Wildman–Crippen MR) is 94.9 cm³/mol. The molecule has 0 aliphatic heterocycles. The van der Waals surface area contributed by atoms with Gasteiger partial charge in [0.15, 0.2) is 0 Å². The minimum Gasteiger partial charge on any atom is -0.493 e. The Hall–Kier alpha value is -1.97. The number of aromatic nitrogens is 1. The number of benzene rings is 1. The van der Waals surface area contributed by atoms with Gasteiger partial charge in [0.1, 0.15) is 11.4 Å². The van der Waals surface area contributed by atoms with Crippen molar-refractivity contribution in [3.63, 3.8) is 0 Å². The lowest BCUT2D eigenvalue weighted by Crippen LogP contribution is -2.06. The molecule has 1 aromatic heterocycles. The Morgan fingerprint density at radius 2 is 1.61 bits per heavy atom. The third-order valence-corrected chi connectivity index (χ3v) is 4.55. The van der Waals surface area contributed by atoms with Gasteiger partial charge in [-0.25, -0.2) is 0 Å². The van der Waals surface area contributed by atoms with E-state index in [-0.39, 0.29) is 0 Å². The zero-order valence-electron chi connectivity index (χ0n) is 14.8. The Kier molecular flexibility index (Phi) is 5.69. The molecule has 2 atom stereocenters. The van der Waals surface area contributed by atoms with Gasteiger partial charge in [-0.15, -0.1) is 0 Å². The maximum absolute atomic E-state index is 6.04. The van der Waals surface area contributed by atoms with Crippen LogP contribution < -0.4 is 10.5 Å². The molecule has 2 rings (SSSR count). The summed E-state index contributed by atoms with van der Waals surface area (Å²) in [4.78, 5) is 0. The van der Waals surface area contributed by atoms with Gasteiger partial charge in [-0.05, 0) is 54.9 Å². The van der Waals surface area contributed by atoms with E-state index in [2.05, 4.69) is 45.0 Å². The molecule has 23 heavy (non-hydrogen) atoms. The molecule has 0 spiro atoms. The number of nitrogens with zero attached hydrogens (tertiary/aromatic N) is 1. The SMILES string of the molecule is CCOc1c(C(C)CC)cc(-c2cc(N)on2)cc1C(C)CC. The fraction of sp³-hybridized carbons (Fsp3) is 0.526. The summed E-state index contributed by atoms with van der Waals surface area (Å²) in [6.07, 6.45) is 2.12. The van der Waals surface area contributed by atoms with Crippen LogP contribution in [0.1, 0.15) is 70.4 Å². The van der Waals surface area contributed by atoms with Crippen molar-refractivity contribution in [1.82, 2.24) is 5.16 Å². The lowest BCUT2D eigenvalue weighted by atomic mass is 9.87. The number of anilines is 1. The van der Waals surface area contributed by atoms with Crippen molar-refractivity contribution in [1.29, 1.82) is 0 Å². The second kappa shape index (κ2) is 7.53. The summed E-state index contributed by atoms with van der Waals surface area (Å²) >= 11 is 0. The molecule has 0 amide bonds. The van der Waals surface area contributed by atoms with Gasteiger partial charge in [-0.1, -0.05) is 32.9 Å². The average molecular weight is 316 g/mol. The molecular weight excluding hydrogens is 288 g/mol. The van der Waals surface area contributed by atoms with Gasteiger partial charge in [-0.2, -0.15) is 0 Å². The smallest absolute Gasteiger partial charge is 0.222 e. The summed E-state index contributed by atoms with van der Waals surface area (Å²) in [7, 11) is 0. The molecule has 4 nitrogen and oxygen atoms in total. The molecule has 1 heterocycles. The molecule has 0 saturated heterocycles. The normalized spacial score (nSPS) is 13.8. The van der Waals surface area contributed by atoms with Gasteiger partial charge in [0.25, 0.3) is 0 Å². The number of rotatable bonds is 7. The zero-order valence-corrected chi connectivity index (χ0v) is 14.8. The fourth-order valence-electron chi connectivity index (χ4n) is 2.73. The number of hydrogen-bond acceptors (Lipinski definition) is 4. The van der Waals surface area contributed by atoms with Gasteiger partial charge in [0, 0.05) is 11.6 Å². The second-order valence-corrected chi connectivity index (χ2v) is 6.15. The Labute approximate surface area is 139 Å². The van der Waals surface area contributed by atoms with Crippen molar-refractivity contribution in [3.05, 3.63) is 29.3 Å². The minimum absolute atomic E-state index is 0.337. The average Bonchev–Trinajstić information content (AvgIpc) is 3.00. The molecule has 4 heteroatoms. The topological polar surface area (TPSA) is 61.3 Å². The van der Waals surface area contributed by atoms with Crippen molar-refractivity contribution in [2.75, 3.05) is 12.3 Å². The molecular formula is C19H28N2O2. The summed E-state index contributed by atoms with van der Waals surface area (Å²) in [6.45, 7) is 11.6. The van der Waals surface area contributed by atoms with E-state index in [1.807, 2.05) is 6.92 Å². The number of nitrogen functional groups attached to an aromatic ring is 1. The second-order valence-electron chi connectivity index (χ2n) is 6.15. The lowest BCUT2D eigenvalue weighted by molar-refractivity contribution is 0.328. The van der Waals surface area contributed by atoms with Crippen molar-refractivity contribution in [3.8, 4) is 17.0 Å². The number of hydrogen-bond donors (Lipinski definition) is 1. The van der Waals surface area contributed by atoms with Gasteiger partial charge >= 0.3 is 0 Å². The molecule has 2 N–H and O–H groups in total. The van der Waals surface area contributed by atoms with Crippen LogP contribution in [0.2, 0.25) is 0 Å². The van der Waals surface area contributed by atoms with Crippen LogP contribution in [-0.2, 0) is 0 Å². The van der Waals surface area contributed by atoms with E-state index >= 15 is 0 Å². The maximum Gasteiger partial charge on any atom is 0.222 e. The van der Waals surface area contributed by atoms with E-state index < -0.39 is 0 Å². The first kappa shape index (κ1) is 17.4. The first-order valence-corrected chi connectivity index (χ1v) is 8.54. The van der Waals surface area contributed by atoms with Crippen LogP contribution in [0, 0.1) is 0 Å². The highest BCUT2D eigenvalue weighted by molar-refractivity contribution is 5.66. The van der Waals surface area contributed by atoms with Crippen LogP contribution in [0.5, 0.6) is 5.75 Å². The highest BCUT2D eigenvalue weighted by Gasteiger charge is 2.20. The standard InChI is InChI=1S/C19H28N2O2/c1-6-12(4)15-9-14(17-11-18(20)23-21-17)10-16(13(5)7-2)19(15)22-8-3/h9-13H,6-8,20H2,1-5H3. The van der Waals surface area contributed by atoms with Crippen LogP contribution >= 0.6 is 0 Å². The summed E-state index contributed by atoms with van der Waals surface area (Å²) in [5.41, 5.74) is 9.99. The van der Waals surface area contributed by atoms with Gasteiger partial charge in [0.05, 0.1) is 6.61 Å². The van der Waals surface area contributed by atoms with E-state index in [9.17, 15) is 0 Å². The third kappa shape index (κ3) is 3.69. The van der Waals surface area contributed by atoms with Crippen LogP contribution in [-0.4, -0.2) is 11.8 Å². The number of ether oxygens (including phenoxy) is 1. The van der Waals surface area contributed by atoms with E-state index in [0.717, 1.165) is 29.8 Å². The largest absolute Gasteiger partial charge is 0.493 e. The molecule has 1 aromatic carbocycles. The summed E-state index contributed by atoms with van der Waals surface area (Å²) in [5.74, 6) is 2.22. The van der Waals surface area contributed by atoms with Crippen LogP contribution in [0.15, 0.2) is 22.7 Å². The van der Waals surface area contributed by atoms with Crippen LogP contribution in [0.4, 0.5) is 5.88 Å². The maximum atomic E-state index is 6.04. The summed E-state index contributed by atoms with van der Waals surface area (Å²) < 4.78 is 11.1. The predicted octanol–water partition coefficient (Wildman–Crippen LogP) is 5.35. The molecule has 126 valence electrons. The molecule has 0 aliphatic rings. The van der Waals surface area contributed by atoms with E-state index in [4.69, 9.17) is 15.0 Å². The Morgan fingerprint density at radius 3 is 2.00 bits per heavy atom. The number of nitrogens with two attached hydrogens (primary N) is 1. The quantitative estimate of drug-likeness (QED) is 0.748. The molecule has 0 fully saturated rings. The van der Waals surface area contributed by atoms with Crippen LogP contribution in [0.25, 0.3) is 11.3 Å². The fourth-order valence-corrected chi connectivity index (χ4v) is 2.73. The van der Waals surface area contributed by atoms with Crippen LogP contribution in [0.3, 0.4) is 0 Å².